The zero-order chi connectivity index (χ0) is 28.2. The zero-order valence-electron chi connectivity index (χ0n) is 24.6. The van der Waals surface area contributed by atoms with Gasteiger partial charge in [-0.3, -0.25) is 0 Å². The van der Waals surface area contributed by atoms with E-state index in [9.17, 15) is 5.11 Å². The maximum Gasteiger partial charge on any atom is 0.145 e. The average Bonchev–Trinajstić information content (AvgIpc) is 3.58. The van der Waals surface area contributed by atoms with Crippen molar-refractivity contribution in [3.05, 3.63) is 48.2 Å². The number of aryl methyl sites for hydroxylation is 1. The molecule has 0 amide bonds. The molecule has 2 aliphatic rings. The molecule has 214 valence electrons. The van der Waals surface area contributed by atoms with E-state index in [1.165, 1.54) is 31.2 Å². The maximum atomic E-state index is 11.2. The number of hydrogen-bond acceptors (Lipinski definition) is 6. The van der Waals surface area contributed by atoms with Crippen LogP contribution in [0.25, 0.3) is 22.1 Å². The molecular formula is C32H45N7O. The Bertz CT molecular complexity index is 1480. The summed E-state index contributed by atoms with van der Waals surface area (Å²) in [7, 11) is 0. The van der Waals surface area contributed by atoms with Crippen LogP contribution in [-0.2, 0) is 11.8 Å². The molecule has 1 aromatic carbocycles. The van der Waals surface area contributed by atoms with Crippen LogP contribution in [-0.4, -0.2) is 59.7 Å². The number of nitrogens with zero attached hydrogens (tertiary/aromatic N) is 5. The minimum absolute atomic E-state index is 0.0166. The standard InChI is InChI=1S/C32H45N7O/c1-6-38(17-21-15-27(29(40)19(21)2)39-12-11-24-30(33)34-18-35-31(24)39)23-13-20(14-23)7-10-28-36-25-9-8-22(32(3,4)5)16-26(25)37-28/h8-9,11-12,16,18-21,23,27,29,40H,6-7,10,13-15,17H2,1-5H3,(H,36,37)(H2,33,34,35)/t19-,20?,21-,23?,27-,29-/m1/s1. The zero-order valence-corrected chi connectivity index (χ0v) is 24.6. The summed E-state index contributed by atoms with van der Waals surface area (Å²) >= 11 is 0. The van der Waals surface area contributed by atoms with E-state index in [-0.39, 0.29) is 17.4 Å². The Labute approximate surface area is 237 Å². The van der Waals surface area contributed by atoms with Crippen LogP contribution in [0.3, 0.4) is 0 Å². The van der Waals surface area contributed by atoms with Crippen LogP contribution < -0.4 is 5.73 Å². The fraction of sp³-hybridized carbons (Fsp3) is 0.594. The molecule has 0 spiro atoms. The maximum absolute atomic E-state index is 11.2. The molecule has 8 nitrogen and oxygen atoms in total. The Morgan fingerprint density at radius 3 is 2.70 bits per heavy atom. The quantitative estimate of drug-likeness (QED) is 0.272. The van der Waals surface area contributed by atoms with Crippen molar-refractivity contribution in [3.63, 3.8) is 0 Å². The van der Waals surface area contributed by atoms with Crippen molar-refractivity contribution >= 4 is 27.9 Å². The van der Waals surface area contributed by atoms with Gasteiger partial charge in [0.15, 0.2) is 0 Å². The summed E-state index contributed by atoms with van der Waals surface area (Å²) in [4.78, 5) is 19.7. The molecule has 2 aliphatic carbocycles. The number of aromatic nitrogens is 5. The van der Waals surface area contributed by atoms with Crippen molar-refractivity contribution in [2.24, 2.45) is 17.8 Å². The number of benzene rings is 1. The lowest BCUT2D eigenvalue weighted by Crippen LogP contribution is -2.47. The van der Waals surface area contributed by atoms with E-state index in [0.29, 0.717) is 17.8 Å². The molecule has 3 heterocycles. The number of nitrogens with one attached hydrogen (secondary N) is 1. The number of rotatable bonds is 8. The summed E-state index contributed by atoms with van der Waals surface area (Å²) in [6, 6.07) is 9.25. The second-order valence-electron chi connectivity index (χ2n) is 13.4. The molecule has 0 radical (unpaired) electrons. The van der Waals surface area contributed by atoms with Crippen molar-refractivity contribution in [1.29, 1.82) is 0 Å². The smallest absolute Gasteiger partial charge is 0.145 e. The Kier molecular flexibility index (Phi) is 7.11. The number of fused-ring (bicyclic) bond motifs is 2. The lowest BCUT2D eigenvalue weighted by Gasteiger charge is -2.44. The lowest BCUT2D eigenvalue weighted by molar-refractivity contribution is 0.0495. The number of hydrogen-bond donors (Lipinski definition) is 3. The van der Waals surface area contributed by atoms with Gasteiger partial charge in [-0.05, 0) is 79.2 Å². The number of aliphatic hydroxyl groups is 1. The van der Waals surface area contributed by atoms with Gasteiger partial charge in [0, 0.05) is 25.2 Å². The molecule has 0 aliphatic heterocycles. The molecule has 3 aromatic heterocycles. The predicted octanol–water partition coefficient (Wildman–Crippen LogP) is 5.48. The molecule has 2 fully saturated rings. The van der Waals surface area contributed by atoms with Gasteiger partial charge in [-0.15, -0.1) is 0 Å². The van der Waals surface area contributed by atoms with E-state index in [1.807, 2.05) is 12.3 Å². The van der Waals surface area contributed by atoms with Crippen LogP contribution in [0, 0.1) is 17.8 Å². The average molecular weight is 544 g/mol. The van der Waals surface area contributed by atoms with Gasteiger partial charge in [-0.1, -0.05) is 40.7 Å². The molecule has 0 bridgehead atoms. The number of aromatic amines is 1. The largest absolute Gasteiger partial charge is 0.391 e. The Morgan fingerprint density at radius 2 is 1.95 bits per heavy atom. The Morgan fingerprint density at radius 1 is 1.15 bits per heavy atom. The van der Waals surface area contributed by atoms with E-state index < -0.39 is 6.10 Å². The number of anilines is 1. The van der Waals surface area contributed by atoms with Crippen LogP contribution in [0.2, 0.25) is 0 Å². The number of aliphatic hydroxyl groups excluding tert-OH is 1. The lowest BCUT2D eigenvalue weighted by atomic mass is 9.76. The highest BCUT2D eigenvalue weighted by Crippen LogP contribution is 2.43. The van der Waals surface area contributed by atoms with Crippen LogP contribution in [0.1, 0.15) is 77.7 Å². The second kappa shape index (κ2) is 10.5. The number of imidazole rings is 1. The van der Waals surface area contributed by atoms with E-state index in [2.05, 4.69) is 77.2 Å². The molecule has 4 N–H and O–H groups in total. The molecular weight excluding hydrogens is 498 g/mol. The van der Waals surface area contributed by atoms with Crippen molar-refractivity contribution in [1.82, 2.24) is 29.4 Å². The molecule has 4 atom stereocenters. The molecule has 0 unspecified atom stereocenters. The SMILES string of the molecule is CCN(C[C@H]1C[C@@H](n2ccc3c(N)ncnc32)[C@H](O)[C@@H]1C)C1CC(CCc2nc3ccc(C(C)(C)C)cc3[nH]2)C1. The highest BCUT2D eigenvalue weighted by molar-refractivity contribution is 5.86. The van der Waals surface area contributed by atoms with Gasteiger partial charge in [0.25, 0.3) is 0 Å². The normalized spacial score (nSPS) is 27.2. The molecule has 0 saturated heterocycles. The summed E-state index contributed by atoms with van der Waals surface area (Å²) < 4.78 is 2.12. The fourth-order valence-electron chi connectivity index (χ4n) is 7.13. The summed E-state index contributed by atoms with van der Waals surface area (Å²) in [6.45, 7) is 13.3. The monoisotopic (exact) mass is 543 g/mol. The van der Waals surface area contributed by atoms with Gasteiger partial charge in [0.05, 0.1) is 28.6 Å². The summed E-state index contributed by atoms with van der Waals surface area (Å²) in [5, 5.41) is 12.1. The minimum Gasteiger partial charge on any atom is -0.391 e. The molecule has 4 aromatic rings. The summed E-state index contributed by atoms with van der Waals surface area (Å²) in [5.74, 6) is 3.05. The van der Waals surface area contributed by atoms with E-state index >= 15 is 0 Å². The van der Waals surface area contributed by atoms with Crippen LogP contribution in [0.15, 0.2) is 36.8 Å². The van der Waals surface area contributed by atoms with Gasteiger partial charge in [0.2, 0.25) is 0 Å². The molecule has 2 saturated carbocycles. The third kappa shape index (κ3) is 5.00. The molecule has 40 heavy (non-hydrogen) atoms. The first-order chi connectivity index (χ1) is 19.1. The minimum atomic E-state index is -0.395. The topological polar surface area (TPSA) is 109 Å². The van der Waals surface area contributed by atoms with Crippen molar-refractivity contribution in [2.45, 2.75) is 90.3 Å². The van der Waals surface area contributed by atoms with E-state index in [4.69, 9.17) is 10.7 Å². The highest BCUT2D eigenvalue weighted by Gasteiger charge is 2.43. The summed E-state index contributed by atoms with van der Waals surface area (Å²) in [6.07, 6.45) is 8.79. The molecule has 6 rings (SSSR count). The van der Waals surface area contributed by atoms with E-state index in [0.717, 1.165) is 59.7 Å². The first-order valence-corrected chi connectivity index (χ1v) is 15.1. The Balaban J connectivity index is 1.03. The van der Waals surface area contributed by atoms with Crippen LogP contribution >= 0.6 is 0 Å². The molecule has 8 heteroatoms. The van der Waals surface area contributed by atoms with Gasteiger partial charge < -0.3 is 25.3 Å². The number of H-pyrrole nitrogens is 1. The van der Waals surface area contributed by atoms with Gasteiger partial charge >= 0.3 is 0 Å². The third-order valence-electron chi connectivity index (χ3n) is 9.91. The van der Waals surface area contributed by atoms with Gasteiger partial charge in [-0.2, -0.15) is 0 Å². The van der Waals surface area contributed by atoms with Crippen LogP contribution in [0.4, 0.5) is 5.82 Å². The fourth-order valence-corrected chi connectivity index (χ4v) is 7.13. The third-order valence-corrected chi connectivity index (χ3v) is 9.91. The van der Waals surface area contributed by atoms with Crippen LogP contribution in [0.5, 0.6) is 0 Å². The van der Waals surface area contributed by atoms with E-state index in [1.54, 1.807) is 0 Å². The van der Waals surface area contributed by atoms with Gasteiger partial charge in [-0.25, -0.2) is 15.0 Å². The first-order valence-electron chi connectivity index (χ1n) is 15.1. The van der Waals surface area contributed by atoms with Crippen molar-refractivity contribution in [2.75, 3.05) is 18.8 Å². The van der Waals surface area contributed by atoms with Gasteiger partial charge in [0.1, 0.15) is 23.6 Å². The first kappa shape index (κ1) is 27.2. The highest BCUT2D eigenvalue weighted by atomic mass is 16.3. The number of nitrogens with two attached hydrogens (primary N) is 1. The summed E-state index contributed by atoms with van der Waals surface area (Å²) in [5.41, 5.74) is 10.6. The van der Waals surface area contributed by atoms with Crippen molar-refractivity contribution < 1.29 is 5.11 Å². The predicted molar refractivity (Wildman–Crippen MR) is 161 cm³/mol. The second-order valence-corrected chi connectivity index (χ2v) is 13.4. The Hall–Kier alpha value is -2.97. The van der Waals surface area contributed by atoms with Crippen molar-refractivity contribution in [3.8, 4) is 0 Å². The number of nitrogen functional groups attached to an aromatic ring is 1.